The van der Waals surface area contributed by atoms with Gasteiger partial charge in [0.05, 0.1) is 24.4 Å². The average molecular weight is 511 g/mol. The van der Waals surface area contributed by atoms with Gasteiger partial charge in [-0.1, -0.05) is 26.0 Å². The van der Waals surface area contributed by atoms with Crippen molar-refractivity contribution >= 4 is 23.9 Å². The van der Waals surface area contributed by atoms with Gasteiger partial charge < -0.3 is 28.4 Å². The predicted octanol–water partition coefficient (Wildman–Crippen LogP) is 2.97. The van der Waals surface area contributed by atoms with Gasteiger partial charge in [0, 0.05) is 0 Å². The highest BCUT2D eigenvalue weighted by Gasteiger charge is 2.21. The minimum absolute atomic E-state index is 0.0352. The third-order valence-electron chi connectivity index (χ3n) is 5.86. The fourth-order valence-electron chi connectivity index (χ4n) is 3.80. The molecule has 0 atom stereocenters. The third kappa shape index (κ3) is 12.3. The van der Waals surface area contributed by atoms with Gasteiger partial charge in [0.2, 0.25) is 0 Å². The van der Waals surface area contributed by atoms with E-state index in [1.807, 2.05) is 0 Å². The zero-order chi connectivity index (χ0) is 26.2. The lowest BCUT2D eigenvalue weighted by Crippen LogP contribution is -2.24. The van der Waals surface area contributed by atoms with Crippen molar-refractivity contribution in [1.29, 1.82) is 0 Å². The van der Waals surface area contributed by atoms with Gasteiger partial charge in [0.1, 0.15) is 38.6 Å². The molecule has 36 heavy (non-hydrogen) atoms. The molecule has 0 amide bonds. The van der Waals surface area contributed by atoms with Crippen molar-refractivity contribution in [2.45, 2.75) is 76.4 Å². The SMILES string of the molecule is C=C(COC(=O)COCCOCC(=O)OCC(=C)C(=O)OC1CCCCC1)C(=O)OC1CCCCC1. The van der Waals surface area contributed by atoms with Crippen molar-refractivity contribution in [1.82, 2.24) is 0 Å². The van der Waals surface area contributed by atoms with E-state index in [2.05, 4.69) is 13.2 Å². The standard InChI is InChI=1S/C26H38O10/c1-19(25(29)35-21-9-5-3-6-10-21)15-33-23(27)17-31-13-14-32-18-24(28)34-16-20(2)26(30)36-22-11-7-4-8-12-22/h21-22H,1-18H2. The van der Waals surface area contributed by atoms with Gasteiger partial charge in [-0.25, -0.2) is 19.2 Å². The second-order valence-electron chi connectivity index (χ2n) is 8.96. The smallest absolute Gasteiger partial charge is 0.337 e. The lowest BCUT2D eigenvalue weighted by atomic mass is 9.98. The summed E-state index contributed by atoms with van der Waals surface area (Å²) < 4.78 is 30.9. The Morgan fingerprint density at radius 2 is 0.917 bits per heavy atom. The van der Waals surface area contributed by atoms with Gasteiger partial charge in [-0.2, -0.15) is 0 Å². The van der Waals surface area contributed by atoms with Crippen LogP contribution < -0.4 is 0 Å². The van der Waals surface area contributed by atoms with Crippen molar-refractivity contribution in [2.75, 3.05) is 39.6 Å². The maximum Gasteiger partial charge on any atom is 0.337 e. The zero-order valence-electron chi connectivity index (χ0n) is 21.0. The summed E-state index contributed by atoms with van der Waals surface area (Å²) in [5.41, 5.74) is 0.140. The molecule has 0 aromatic carbocycles. The molecule has 2 saturated carbocycles. The molecular weight excluding hydrogens is 472 g/mol. The average Bonchev–Trinajstić information content (AvgIpc) is 2.88. The summed E-state index contributed by atoms with van der Waals surface area (Å²) in [5, 5.41) is 0. The van der Waals surface area contributed by atoms with E-state index in [-0.39, 0.29) is 63.0 Å². The van der Waals surface area contributed by atoms with E-state index < -0.39 is 23.9 Å². The molecule has 0 aromatic rings. The molecule has 2 rings (SSSR count). The number of esters is 4. The quantitative estimate of drug-likeness (QED) is 0.141. The van der Waals surface area contributed by atoms with E-state index in [1.54, 1.807) is 0 Å². The van der Waals surface area contributed by atoms with Crippen LogP contribution in [0.25, 0.3) is 0 Å². The maximum atomic E-state index is 12.0. The van der Waals surface area contributed by atoms with Crippen LogP contribution in [-0.4, -0.2) is 75.7 Å². The summed E-state index contributed by atoms with van der Waals surface area (Å²) in [5.74, 6) is -2.44. The maximum absolute atomic E-state index is 12.0. The Hall–Kier alpha value is -2.72. The van der Waals surface area contributed by atoms with Gasteiger partial charge >= 0.3 is 23.9 Å². The van der Waals surface area contributed by atoms with Crippen molar-refractivity contribution in [3.63, 3.8) is 0 Å². The predicted molar refractivity (Wildman–Crippen MR) is 128 cm³/mol. The van der Waals surface area contributed by atoms with Gasteiger partial charge in [-0.05, 0) is 51.4 Å². The number of rotatable bonds is 15. The van der Waals surface area contributed by atoms with Crippen LogP contribution in [0.2, 0.25) is 0 Å². The minimum Gasteiger partial charge on any atom is -0.459 e. The Morgan fingerprint density at radius 1 is 0.556 bits per heavy atom. The van der Waals surface area contributed by atoms with E-state index in [4.69, 9.17) is 28.4 Å². The highest BCUT2D eigenvalue weighted by molar-refractivity contribution is 5.89. The molecule has 0 saturated heterocycles. The Labute approximate surface area is 212 Å². The normalized spacial score (nSPS) is 16.6. The summed E-state index contributed by atoms with van der Waals surface area (Å²) in [7, 11) is 0. The topological polar surface area (TPSA) is 124 Å². The van der Waals surface area contributed by atoms with E-state index in [0.717, 1.165) is 64.2 Å². The second-order valence-corrected chi connectivity index (χ2v) is 8.96. The van der Waals surface area contributed by atoms with Crippen molar-refractivity contribution in [3.05, 3.63) is 24.3 Å². The molecule has 10 heteroatoms. The van der Waals surface area contributed by atoms with Crippen molar-refractivity contribution in [3.8, 4) is 0 Å². The summed E-state index contributed by atoms with van der Waals surface area (Å²) in [6.45, 7) is 6.05. The number of carbonyl (C=O) groups excluding carboxylic acids is 4. The van der Waals surface area contributed by atoms with Crippen LogP contribution in [0, 0.1) is 0 Å². The van der Waals surface area contributed by atoms with Crippen LogP contribution in [0.15, 0.2) is 24.3 Å². The Balaban J connectivity index is 1.44. The summed E-state index contributed by atoms with van der Waals surface area (Å²) in [4.78, 5) is 47.4. The fraction of sp³-hybridized carbons (Fsp3) is 0.692. The minimum atomic E-state index is -0.667. The van der Waals surface area contributed by atoms with Crippen LogP contribution in [0.5, 0.6) is 0 Å². The largest absolute Gasteiger partial charge is 0.459 e. The molecule has 2 aliphatic carbocycles. The third-order valence-corrected chi connectivity index (χ3v) is 5.86. The highest BCUT2D eigenvalue weighted by Crippen LogP contribution is 2.22. The molecule has 0 heterocycles. The first-order valence-corrected chi connectivity index (χ1v) is 12.6. The molecule has 202 valence electrons. The Bertz CT molecular complexity index is 699. The van der Waals surface area contributed by atoms with E-state index >= 15 is 0 Å². The van der Waals surface area contributed by atoms with Gasteiger partial charge in [0.25, 0.3) is 0 Å². The number of ether oxygens (including phenoxy) is 6. The molecule has 2 fully saturated rings. The first-order valence-electron chi connectivity index (χ1n) is 12.6. The molecule has 0 bridgehead atoms. The van der Waals surface area contributed by atoms with E-state index in [9.17, 15) is 19.2 Å². The van der Waals surface area contributed by atoms with Gasteiger partial charge in [-0.15, -0.1) is 0 Å². The van der Waals surface area contributed by atoms with E-state index in [0.29, 0.717) is 0 Å². The Kier molecular flexibility index (Phi) is 13.8. The van der Waals surface area contributed by atoms with Gasteiger partial charge in [0.15, 0.2) is 0 Å². The van der Waals surface area contributed by atoms with Crippen molar-refractivity contribution in [2.24, 2.45) is 0 Å². The van der Waals surface area contributed by atoms with Crippen LogP contribution in [-0.2, 0) is 47.6 Å². The molecule has 10 nitrogen and oxygen atoms in total. The van der Waals surface area contributed by atoms with Crippen LogP contribution >= 0.6 is 0 Å². The van der Waals surface area contributed by atoms with Crippen LogP contribution in [0.3, 0.4) is 0 Å². The van der Waals surface area contributed by atoms with Crippen LogP contribution in [0.4, 0.5) is 0 Å². The molecule has 0 radical (unpaired) electrons. The summed E-state index contributed by atoms with van der Waals surface area (Å²) in [6.07, 6.45) is 9.62. The number of carbonyl (C=O) groups is 4. The van der Waals surface area contributed by atoms with Gasteiger partial charge in [-0.3, -0.25) is 0 Å². The first-order chi connectivity index (χ1) is 17.3. The molecule has 2 aliphatic rings. The van der Waals surface area contributed by atoms with Crippen molar-refractivity contribution < 1.29 is 47.6 Å². The molecule has 0 spiro atoms. The molecule has 0 aliphatic heterocycles. The lowest BCUT2D eigenvalue weighted by Gasteiger charge is -2.22. The number of hydrogen-bond acceptors (Lipinski definition) is 10. The number of hydrogen-bond donors (Lipinski definition) is 0. The lowest BCUT2D eigenvalue weighted by molar-refractivity contribution is -0.154. The van der Waals surface area contributed by atoms with E-state index in [1.165, 1.54) is 0 Å². The highest BCUT2D eigenvalue weighted by atomic mass is 16.6. The summed E-state index contributed by atoms with van der Waals surface area (Å²) in [6, 6.07) is 0. The zero-order valence-corrected chi connectivity index (χ0v) is 21.0. The first kappa shape index (κ1) is 29.5. The summed E-state index contributed by atoms with van der Waals surface area (Å²) >= 11 is 0. The molecular formula is C26H38O10. The second kappa shape index (κ2) is 16.9. The monoisotopic (exact) mass is 510 g/mol. The molecule has 0 aromatic heterocycles. The Morgan fingerprint density at radius 3 is 1.28 bits per heavy atom. The fourth-order valence-corrected chi connectivity index (χ4v) is 3.80. The molecule has 0 N–H and O–H groups in total. The van der Waals surface area contributed by atoms with Crippen LogP contribution in [0.1, 0.15) is 64.2 Å². The molecule has 0 unspecified atom stereocenters.